The maximum atomic E-state index is 11.9. The van der Waals surface area contributed by atoms with E-state index in [9.17, 15) is 4.79 Å². The number of carbonyl (C=O) groups is 1. The first-order valence-corrected chi connectivity index (χ1v) is 6.02. The normalized spacial score (nSPS) is 20.4. The van der Waals surface area contributed by atoms with Crippen LogP contribution in [0.25, 0.3) is 0 Å². The minimum Gasteiger partial charge on any atom is -0.381 e. The number of nitrogen functional groups attached to an aromatic ring is 1. The number of ether oxygens (including phenoxy) is 1. The monoisotopic (exact) mass is 250 g/mol. The van der Waals surface area contributed by atoms with E-state index in [1.807, 2.05) is 6.92 Å². The third-order valence-electron chi connectivity index (χ3n) is 3.19. The fourth-order valence-corrected chi connectivity index (χ4v) is 1.96. The number of nitrogens with one attached hydrogen (secondary N) is 2. The number of pyridine rings is 1. The van der Waals surface area contributed by atoms with Gasteiger partial charge in [0.25, 0.3) is 5.91 Å². The highest BCUT2D eigenvalue weighted by Gasteiger charge is 2.24. The van der Waals surface area contributed by atoms with Gasteiger partial charge in [0.15, 0.2) is 0 Å². The molecule has 0 aromatic carbocycles. The number of nitrogens with two attached hydrogens (primary N) is 1. The second-order valence-electron chi connectivity index (χ2n) is 4.46. The van der Waals surface area contributed by atoms with Crippen LogP contribution in [-0.2, 0) is 4.74 Å². The van der Waals surface area contributed by atoms with Gasteiger partial charge in [-0.2, -0.15) is 0 Å². The molecule has 0 saturated carbocycles. The molecule has 0 aliphatic carbocycles. The van der Waals surface area contributed by atoms with E-state index < -0.39 is 0 Å². The molecule has 1 aliphatic rings. The summed E-state index contributed by atoms with van der Waals surface area (Å²) in [6.07, 6.45) is 2.52. The number of carbonyl (C=O) groups excluding carboxylic acids is 1. The summed E-state index contributed by atoms with van der Waals surface area (Å²) >= 11 is 0. The van der Waals surface area contributed by atoms with E-state index >= 15 is 0 Å². The maximum absolute atomic E-state index is 11.9. The highest BCUT2D eigenvalue weighted by molar-refractivity contribution is 5.92. The van der Waals surface area contributed by atoms with Crippen molar-refractivity contribution in [2.45, 2.75) is 19.4 Å². The van der Waals surface area contributed by atoms with Gasteiger partial charge in [0.1, 0.15) is 5.69 Å². The predicted octanol–water partition coefficient (Wildman–Crippen LogP) is 0.522. The molecule has 2 unspecified atom stereocenters. The number of aromatic nitrogens is 1. The molecule has 6 heteroatoms. The molecule has 1 amide bonds. The van der Waals surface area contributed by atoms with Crippen LogP contribution in [-0.4, -0.2) is 30.1 Å². The lowest BCUT2D eigenvalue weighted by molar-refractivity contribution is 0.0917. The van der Waals surface area contributed by atoms with E-state index in [0.29, 0.717) is 23.9 Å². The van der Waals surface area contributed by atoms with E-state index in [-0.39, 0.29) is 11.9 Å². The fraction of sp³-hybridized carbons (Fsp3) is 0.500. The number of rotatable bonds is 4. The standard InChI is InChI=1S/C12H18N4O2/c1-8(9-4-5-18-7-9)15-12(17)11-3-2-10(16-13)6-14-11/h2-3,6,8-9,16H,4-5,7,13H2,1H3,(H,15,17). The average Bonchev–Trinajstić information content (AvgIpc) is 2.92. The van der Waals surface area contributed by atoms with Crippen molar-refractivity contribution in [2.24, 2.45) is 11.8 Å². The first kappa shape index (κ1) is 12.8. The van der Waals surface area contributed by atoms with Crippen LogP contribution in [0.3, 0.4) is 0 Å². The lowest BCUT2D eigenvalue weighted by Crippen LogP contribution is -2.38. The number of hydrogen-bond donors (Lipinski definition) is 3. The van der Waals surface area contributed by atoms with Gasteiger partial charge in [0.2, 0.25) is 0 Å². The highest BCUT2D eigenvalue weighted by Crippen LogP contribution is 2.16. The zero-order valence-corrected chi connectivity index (χ0v) is 10.3. The van der Waals surface area contributed by atoms with E-state index in [4.69, 9.17) is 10.6 Å². The van der Waals surface area contributed by atoms with Crippen molar-refractivity contribution in [1.29, 1.82) is 0 Å². The Labute approximate surface area is 106 Å². The van der Waals surface area contributed by atoms with Gasteiger partial charge in [0.05, 0.1) is 18.5 Å². The quantitative estimate of drug-likeness (QED) is 0.535. The van der Waals surface area contributed by atoms with Crippen molar-refractivity contribution in [3.8, 4) is 0 Å². The largest absolute Gasteiger partial charge is 0.381 e. The molecule has 2 atom stereocenters. The van der Waals surface area contributed by atoms with Crippen LogP contribution >= 0.6 is 0 Å². The molecule has 1 aliphatic heterocycles. The van der Waals surface area contributed by atoms with Gasteiger partial charge in [-0.25, -0.2) is 4.98 Å². The first-order valence-electron chi connectivity index (χ1n) is 6.02. The van der Waals surface area contributed by atoms with Gasteiger partial charge in [-0.1, -0.05) is 0 Å². The van der Waals surface area contributed by atoms with Crippen molar-refractivity contribution >= 4 is 11.6 Å². The van der Waals surface area contributed by atoms with E-state index in [1.165, 1.54) is 6.20 Å². The number of hydrogen-bond acceptors (Lipinski definition) is 5. The topological polar surface area (TPSA) is 89.3 Å². The van der Waals surface area contributed by atoms with Gasteiger partial charge >= 0.3 is 0 Å². The van der Waals surface area contributed by atoms with Crippen molar-refractivity contribution < 1.29 is 9.53 Å². The minimum atomic E-state index is -0.169. The Kier molecular flexibility index (Phi) is 4.11. The summed E-state index contributed by atoms with van der Waals surface area (Å²) in [6.45, 7) is 3.48. The van der Waals surface area contributed by atoms with Crippen LogP contribution in [0.2, 0.25) is 0 Å². The number of anilines is 1. The summed E-state index contributed by atoms with van der Waals surface area (Å²) in [5.74, 6) is 5.45. The summed E-state index contributed by atoms with van der Waals surface area (Å²) in [6, 6.07) is 3.45. The maximum Gasteiger partial charge on any atom is 0.270 e. The Morgan fingerprint density at radius 2 is 2.44 bits per heavy atom. The van der Waals surface area contributed by atoms with Crippen molar-refractivity contribution in [3.05, 3.63) is 24.0 Å². The van der Waals surface area contributed by atoms with E-state index in [1.54, 1.807) is 12.1 Å². The number of amides is 1. The lowest BCUT2D eigenvalue weighted by Gasteiger charge is -2.18. The molecular weight excluding hydrogens is 232 g/mol. The Balaban J connectivity index is 1.93. The smallest absolute Gasteiger partial charge is 0.270 e. The van der Waals surface area contributed by atoms with Crippen LogP contribution < -0.4 is 16.6 Å². The zero-order chi connectivity index (χ0) is 13.0. The van der Waals surface area contributed by atoms with Gasteiger partial charge in [-0.3, -0.25) is 10.6 Å². The molecule has 6 nitrogen and oxygen atoms in total. The Hall–Kier alpha value is -1.66. The first-order chi connectivity index (χ1) is 8.70. The molecule has 4 N–H and O–H groups in total. The molecule has 2 heterocycles. The molecule has 0 spiro atoms. The second kappa shape index (κ2) is 5.79. The van der Waals surface area contributed by atoms with Crippen molar-refractivity contribution in [1.82, 2.24) is 10.3 Å². The molecule has 1 aromatic rings. The molecular formula is C12H18N4O2. The predicted molar refractivity (Wildman–Crippen MR) is 67.9 cm³/mol. The molecule has 18 heavy (non-hydrogen) atoms. The van der Waals surface area contributed by atoms with Crippen molar-refractivity contribution in [3.63, 3.8) is 0 Å². The molecule has 0 bridgehead atoms. The fourth-order valence-electron chi connectivity index (χ4n) is 1.96. The number of hydrazine groups is 1. The SMILES string of the molecule is CC(NC(=O)c1ccc(NN)cn1)C1CCOC1. The Morgan fingerprint density at radius 3 is 3.00 bits per heavy atom. The van der Waals surface area contributed by atoms with E-state index in [2.05, 4.69) is 15.7 Å². The lowest BCUT2D eigenvalue weighted by atomic mass is 10.0. The third-order valence-corrected chi connectivity index (χ3v) is 3.19. The summed E-state index contributed by atoms with van der Waals surface area (Å²) in [7, 11) is 0. The van der Waals surface area contributed by atoms with Gasteiger partial charge in [-0.15, -0.1) is 0 Å². The van der Waals surface area contributed by atoms with Crippen LogP contribution in [0.1, 0.15) is 23.8 Å². The number of nitrogens with zero attached hydrogens (tertiary/aromatic N) is 1. The van der Waals surface area contributed by atoms with E-state index in [0.717, 1.165) is 13.0 Å². The van der Waals surface area contributed by atoms with Crippen LogP contribution in [0.15, 0.2) is 18.3 Å². The summed E-state index contributed by atoms with van der Waals surface area (Å²) < 4.78 is 5.31. The summed E-state index contributed by atoms with van der Waals surface area (Å²) in [4.78, 5) is 16.0. The Bertz CT molecular complexity index is 401. The molecule has 1 saturated heterocycles. The zero-order valence-electron chi connectivity index (χ0n) is 10.3. The highest BCUT2D eigenvalue weighted by atomic mass is 16.5. The van der Waals surface area contributed by atoms with Crippen LogP contribution in [0.4, 0.5) is 5.69 Å². The van der Waals surface area contributed by atoms with Crippen LogP contribution in [0.5, 0.6) is 0 Å². The van der Waals surface area contributed by atoms with Gasteiger partial charge < -0.3 is 15.5 Å². The minimum absolute atomic E-state index is 0.0918. The third kappa shape index (κ3) is 2.96. The van der Waals surface area contributed by atoms with Crippen molar-refractivity contribution in [2.75, 3.05) is 18.6 Å². The molecule has 1 fully saturated rings. The molecule has 2 rings (SSSR count). The van der Waals surface area contributed by atoms with Gasteiger partial charge in [-0.05, 0) is 25.5 Å². The average molecular weight is 250 g/mol. The molecule has 0 radical (unpaired) electrons. The van der Waals surface area contributed by atoms with Crippen LogP contribution in [0, 0.1) is 5.92 Å². The van der Waals surface area contributed by atoms with Gasteiger partial charge in [0, 0.05) is 18.6 Å². The molecule has 98 valence electrons. The molecule has 1 aromatic heterocycles. The summed E-state index contributed by atoms with van der Waals surface area (Å²) in [5, 5.41) is 2.94. The summed E-state index contributed by atoms with van der Waals surface area (Å²) in [5.41, 5.74) is 3.53. The Morgan fingerprint density at radius 1 is 1.61 bits per heavy atom. The second-order valence-corrected chi connectivity index (χ2v) is 4.46.